The second kappa shape index (κ2) is 8.52. The number of ether oxygens (including phenoxy) is 1. The molecule has 4 aromatic rings. The number of hydrogen-bond acceptors (Lipinski definition) is 3. The summed E-state index contributed by atoms with van der Waals surface area (Å²) in [5.74, 6) is -3.13. The van der Waals surface area contributed by atoms with Gasteiger partial charge in [0.15, 0.2) is 11.6 Å². The van der Waals surface area contributed by atoms with E-state index in [0.717, 1.165) is 24.1 Å². The summed E-state index contributed by atoms with van der Waals surface area (Å²) in [6.07, 6.45) is 0.867. The number of amides is 1. The minimum atomic E-state index is -1.29. The van der Waals surface area contributed by atoms with Gasteiger partial charge in [0.05, 0.1) is 22.3 Å². The lowest BCUT2D eigenvalue weighted by Gasteiger charge is -2.11. The Morgan fingerprint density at radius 1 is 1.09 bits per heavy atom. The molecule has 2 aromatic heterocycles. The number of halogens is 3. The summed E-state index contributed by atoms with van der Waals surface area (Å²) in [4.78, 5) is 13.2. The maximum atomic E-state index is 14.0. The molecule has 8 heteroatoms. The Labute approximate surface area is 194 Å². The van der Waals surface area contributed by atoms with Crippen molar-refractivity contribution >= 4 is 11.4 Å². The number of nitrogens with one attached hydrogen (secondary N) is 1. The molecule has 1 amide bonds. The average Bonchev–Trinajstić information content (AvgIpc) is 3.49. The van der Waals surface area contributed by atoms with Gasteiger partial charge in [-0.05, 0) is 49.6 Å². The van der Waals surface area contributed by atoms with E-state index >= 15 is 0 Å². The Kier molecular flexibility index (Phi) is 5.51. The van der Waals surface area contributed by atoms with E-state index in [2.05, 4.69) is 22.5 Å². The number of aryl methyl sites for hydroxylation is 2. The van der Waals surface area contributed by atoms with Crippen LogP contribution in [0.25, 0.3) is 5.52 Å². The molecule has 1 saturated carbocycles. The van der Waals surface area contributed by atoms with Crippen molar-refractivity contribution in [1.29, 1.82) is 0 Å². The van der Waals surface area contributed by atoms with Crippen molar-refractivity contribution in [2.24, 2.45) is 0 Å². The first-order chi connectivity index (χ1) is 16.3. The number of carbonyl (C=O) groups is 1. The van der Waals surface area contributed by atoms with Gasteiger partial charge in [-0.25, -0.2) is 13.2 Å². The van der Waals surface area contributed by atoms with Gasteiger partial charge in [-0.3, -0.25) is 4.79 Å². The number of benzene rings is 2. The molecule has 0 bridgehead atoms. The second-order valence-corrected chi connectivity index (χ2v) is 8.57. The molecule has 1 aliphatic carbocycles. The van der Waals surface area contributed by atoms with Crippen molar-refractivity contribution in [2.75, 3.05) is 0 Å². The summed E-state index contributed by atoms with van der Waals surface area (Å²) in [7, 11) is 0. The molecule has 1 fully saturated rings. The lowest BCUT2D eigenvalue weighted by molar-refractivity contribution is 0.0951. The van der Waals surface area contributed by atoms with Gasteiger partial charge in [0.2, 0.25) is 5.88 Å². The third-order valence-corrected chi connectivity index (χ3v) is 6.09. The highest BCUT2D eigenvalue weighted by molar-refractivity contribution is 6.02. The highest BCUT2D eigenvalue weighted by atomic mass is 19.2. The van der Waals surface area contributed by atoms with Crippen LogP contribution in [0.1, 0.15) is 45.1 Å². The Morgan fingerprint density at radius 2 is 1.82 bits per heavy atom. The Morgan fingerprint density at radius 3 is 2.59 bits per heavy atom. The number of pyridine rings is 1. The zero-order chi connectivity index (χ0) is 24.0. The van der Waals surface area contributed by atoms with E-state index in [1.807, 2.05) is 25.1 Å². The number of carbonyl (C=O) groups excluding carboxylic acids is 1. The van der Waals surface area contributed by atoms with Gasteiger partial charge in [-0.2, -0.15) is 9.61 Å². The second-order valence-electron chi connectivity index (χ2n) is 8.57. The fourth-order valence-electron chi connectivity index (χ4n) is 4.25. The van der Waals surface area contributed by atoms with Gasteiger partial charge in [0.25, 0.3) is 5.91 Å². The van der Waals surface area contributed by atoms with Crippen molar-refractivity contribution in [3.8, 4) is 5.88 Å². The average molecular weight is 465 g/mol. The summed E-state index contributed by atoms with van der Waals surface area (Å²) < 4.78 is 48.7. The van der Waals surface area contributed by atoms with Gasteiger partial charge in [0, 0.05) is 18.0 Å². The monoisotopic (exact) mass is 465 g/mol. The molecule has 2 heterocycles. The van der Waals surface area contributed by atoms with Crippen molar-refractivity contribution in [3.05, 3.63) is 100.0 Å². The highest BCUT2D eigenvalue weighted by Gasteiger charge is 2.40. The van der Waals surface area contributed by atoms with Crippen molar-refractivity contribution < 1.29 is 22.7 Å². The largest absolute Gasteiger partial charge is 0.473 e. The molecule has 5 nitrogen and oxygen atoms in total. The normalized spacial score (nSPS) is 17.1. The minimum Gasteiger partial charge on any atom is -0.473 e. The molecule has 2 unspecified atom stereocenters. The Bertz CT molecular complexity index is 1400. The van der Waals surface area contributed by atoms with Crippen LogP contribution < -0.4 is 10.1 Å². The third kappa shape index (κ3) is 4.00. The van der Waals surface area contributed by atoms with Gasteiger partial charge in [-0.1, -0.05) is 30.3 Å². The molecule has 1 aliphatic rings. The molecule has 174 valence electrons. The minimum absolute atomic E-state index is 0.0451. The third-order valence-electron chi connectivity index (χ3n) is 6.09. The molecule has 0 spiro atoms. The lowest BCUT2D eigenvalue weighted by Crippen LogP contribution is -2.27. The molecule has 2 atom stereocenters. The lowest BCUT2D eigenvalue weighted by atomic mass is 10.1. The Balaban J connectivity index is 1.40. The van der Waals surface area contributed by atoms with E-state index in [1.54, 1.807) is 19.1 Å². The van der Waals surface area contributed by atoms with Crippen LogP contribution in [-0.2, 0) is 6.61 Å². The van der Waals surface area contributed by atoms with Crippen LogP contribution in [0, 0.1) is 31.3 Å². The van der Waals surface area contributed by atoms with Crippen LogP contribution in [0.2, 0.25) is 0 Å². The predicted molar refractivity (Wildman–Crippen MR) is 120 cm³/mol. The molecule has 0 radical (unpaired) electrons. The summed E-state index contributed by atoms with van der Waals surface area (Å²) in [5.41, 5.74) is 2.86. The van der Waals surface area contributed by atoms with Gasteiger partial charge in [0.1, 0.15) is 12.4 Å². The van der Waals surface area contributed by atoms with Gasteiger partial charge in [-0.15, -0.1) is 0 Å². The predicted octanol–water partition coefficient (Wildman–Crippen LogP) is 5.23. The number of fused-ring (bicyclic) bond motifs is 1. The SMILES string of the molecule is Cc1cc(OCc2c(F)ccc(F)c2F)n2nc(C)c(C(=O)NC3CC3c3ccccc3)c2c1. The van der Waals surface area contributed by atoms with E-state index in [-0.39, 0.29) is 23.7 Å². The molecule has 34 heavy (non-hydrogen) atoms. The van der Waals surface area contributed by atoms with Gasteiger partial charge >= 0.3 is 0 Å². The molecule has 0 aliphatic heterocycles. The standard InChI is InChI=1S/C26H22F3N3O2/c1-14-10-22-24(26(33)30-21-12-17(21)16-6-4-3-5-7-16)15(2)31-32(22)23(11-14)34-13-18-19(27)8-9-20(28)25(18)29/h3-11,17,21H,12-13H2,1-2H3,(H,30,33). The first-order valence-corrected chi connectivity index (χ1v) is 10.9. The van der Waals surface area contributed by atoms with E-state index < -0.39 is 29.6 Å². The summed E-state index contributed by atoms with van der Waals surface area (Å²) in [5, 5.41) is 7.51. The molecule has 1 N–H and O–H groups in total. The molecule has 2 aromatic carbocycles. The smallest absolute Gasteiger partial charge is 0.255 e. The number of aromatic nitrogens is 2. The fraction of sp³-hybridized carbons (Fsp3) is 0.231. The maximum absolute atomic E-state index is 14.0. The van der Waals surface area contributed by atoms with Crippen LogP contribution in [0.5, 0.6) is 5.88 Å². The zero-order valence-electron chi connectivity index (χ0n) is 18.6. The quantitative estimate of drug-likeness (QED) is 0.397. The summed E-state index contributed by atoms with van der Waals surface area (Å²) >= 11 is 0. The fourth-order valence-corrected chi connectivity index (χ4v) is 4.25. The summed E-state index contributed by atoms with van der Waals surface area (Å²) in [6.45, 7) is 3.00. The van der Waals surface area contributed by atoms with E-state index in [4.69, 9.17) is 4.74 Å². The van der Waals surface area contributed by atoms with Crippen molar-refractivity contribution in [1.82, 2.24) is 14.9 Å². The molecule has 5 rings (SSSR count). The first kappa shape index (κ1) is 22.0. The molecular formula is C26H22F3N3O2. The summed E-state index contributed by atoms with van der Waals surface area (Å²) in [6, 6.07) is 15.1. The number of hydrogen-bond donors (Lipinski definition) is 1. The maximum Gasteiger partial charge on any atom is 0.255 e. The number of nitrogens with zero attached hydrogens (tertiary/aromatic N) is 2. The molecular weight excluding hydrogens is 443 g/mol. The van der Waals surface area contributed by atoms with Crippen LogP contribution in [-0.4, -0.2) is 21.6 Å². The molecule has 0 saturated heterocycles. The van der Waals surface area contributed by atoms with Gasteiger partial charge < -0.3 is 10.1 Å². The number of rotatable bonds is 6. The van der Waals surface area contributed by atoms with Crippen LogP contribution >= 0.6 is 0 Å². The highest BCUT2D eigenvalue weighted by Crippen LogP contribution is 2.41. The van der Waals surface area contributed by atoms with E-state index in [1.165, 1.54) is 10.1 Å². The topological polar surface area (TPSA) is 55.6 Å². The Hall–Kier alpha value is -3.81. The van der Waals surface area contributed by atoms with E-state index in [0.29, 0.717) is 16.8 Å². The van der Waals surface area contributed by atoms with Crippen LogP contribution in [0.15, 0.2) is 54.6 Å². The van der Waals surface area contributed by atoms with Crippen LogP contribution in [0.3, 0.4) is 0 Å². The van der Waals surface area contributed by atoms with E-state index in [9.17, 15) is 18.0 Å². The van der Waals surface area contributed by atoms with Crippen molar-refractivity contribution in [3.63, 3.8) is 0 Å². The zero-order valence-corrected chi connectivity index (χ0v) is 18.6. The van der Waals surface area contributed by atoms with Crippen LogP contribution in [0.4, 0.5) is 13.2 Å². The van der Waals surface area contributed by atoms with Crippen molar-refractivity contribution in [2.45, 2.75) is 38.8 Å². The first-order valence-electron chi connectivity index (χ1n) is 10.9.